The van der Waals surface area contributed by atoms with Gasteiger partial charge in [0, 0.05) is 24.8 Å². The Labute approximate surface area is 203 Å². The molecular formula is C28H27N3O4. The van der Waals surface area contributed by atoms with Gasteiger partial charge in [-0.2, -0.15) is 5.10 Å². The Morgan fingerprint density at radius 1 is 1.03 bits per heavy atom. The average Bonchev–Trinajstić information content (AvgIpc) is 3.37. The zero-order valence-electron chi connectivity index (χ0n) is 19.9. The van der Waals surface area contributed by atoms with E-state index in [9.17, 15) is 9.90 Å². The van der Waals surface area contributed by atoms with E-state index in [1.165, 1.54) is 0 Å². The third-order valence-electron chi connectivity index (χ3n) is 6.25. The Morgan fingerprint density at radius 3 is 2.54 bits per heavy atom. The van der Waals surface area contributed by atoms with E-state index >= 15 is 0 Å². The number of aryl methyl sites for hydroxylation is 2. The minimum atomic E-state index is -0.416. The van der Waals surface area contributed by atoms with Crippen LogP contribution in [0.1, 0.15) is 38.8 Å². The summed E-state index contributed by atoms with van der Waals surface area (Å²) in [4.78, 5) is 15.2. The Kier molecular flexibility index (Phi) is 6.01. The molecule has 0 saturated carbocycles. The van der Waals surface area contributed by atoms with E-state index in [1.807, 2.05) is 74.5 Å². The van der Waals surface area contributed by atoms with Crippen LogP contribution in [0.15, 0.2) is 66.7 Å². The van der Waals surface area contributed by atoms with Crippen LogP contribution in [0.5, 0.6) is 17.2 Å². The molecule has 0 saturated heterocycles. The lowest BCUT2D eigenvalue weighted by Crippen LogP contribution is -2.32. The SMILES string of the molecule is COCCN1C(=O)c2[nH]nc(-c3c(C)cc(C)cc3O)c2C1c1cccc(Oc2ccccc2)c1. The Balaban J connectivity index is 1.63. The molecule has 5 rings (SSSR count). The number of para-hydroxylation sites is 1. The number of amides is 1. The summed E-state index contributed by atoms with van der Waals surface area (Å²) >= 11 is 0. The number of carbonyl (C=O) groups excluding carboxylic acids is 1. The molecular weight excluding hydrogens is 442 g/mol. The van der Waals surface area contributed by atoms with Gasteiger partial charge in [0.2, 0.25) is 0 Å². The van der Waals surface area contributed by atoms with E-state index in [4.69, 9.17) is 9.47 Å². The van der Waals surface area contributed by atoms with E-state index in [0.717, 1.165) is 28.0 Å². The zero-order valence-corrected chi connectivity index (χ0v) is 19.9. The highest BCUT2D eigenvalue weighted by Gasteiger charge is 2.42. The number of rotatable bonds is 7. The summed E-state index contributed by atoms with van der Waals surface area (Å²) < 4.78 is 11.4. The summed E-state index contributed by atoms with van der Waals surface area (Å²) in [6.45, 7) is 4.67. The number of phenols is 1. The number of aromatic amines is 1. The number of hydrogen-bond acceptors (Lipinski definition) is 5. The van der Waals surface area contributed by atoms with Crippen molar-refractivity contribution in [2.75, 3.05) is 20.3 Å². The topological polar surface area (TPSA) is 87.7 Å². The van der Waals surface area contributed by atoms with Crippen LogP contribution in [0.4, 0.5) is 0 Å². The largest absolute Gasteiger partial charge is 0.507 e. The van der Waals surface area contributed by atoms with E-state index < -0.39 is 6.04 Å². The van der Waals surface area contributed by atoms with Crippen molar-refractivity contribution >= 4 is 5.91 Å². The number of phenolic OH excluding ortho intramolecular Hbond substituents is 1. The second-order valence-electron chi connectivity index (χ2n) is 8.72. The molecule has 7 nitrogen and oxygen atoms in total. The first-order valence-corrected chi connectivity index (χ1v) is 11.5. The van der Waals surface area contributed by atoms with E-state index in [2.05, 4.69) is 10.2 Å². The van der Waals surface area contributed by atoms with Gasteiger partial charge >= 0.3 is 0 Å². The van der Waals surface area contributed by atoms with Crippen molar-refractivity contribution in [2.24, 2.45) is 0 Å². The average molecular weight is 470 g/mol. The molecule has 1 amide bonds. The fourth-order valence-electron chi connectivity index (χ4n) is 4.78. The van der Waals surface area contributed by atoms with Crippen LogP contribution in [0, 0.1) is 13.8 Å². The fourth-order valence-corrected chi connectivity index (χ4v) is 4.78. The van der Waals surface area contributed by atoms with Crippen LogP contribution < -0.4 is 4.74 Å². The first-order valence-electron chi connectivity index (χ1n) is 11.5. The number of carbonyl (C=O) groups is 1. The van der Waals surface area contributed by atoms with Gasteiger partial charge in [0.05, 0.1) is 12.6 Å². The van der Waals surface area contributed by atoms with Crippen molar-refractivity contribution in [3.8, 4) is 28.5 Å². The highest BCUT2D eigenvalue weighted by molar-refractivity contribution is 6.00. The predicted octanol–water partition coefficient (Wildman–Crippen LogP) is 5.38. The minimum absolute atomic E-state index is 0.138. The van der Waals surface area contributed by atoms with Gasteiger partial charge in [-0.05, 0) is 60.9 Å². The Bertz CT molecular complexity index is 1360. The number of nitrogens with one attached hydrogen (secondary N) is 1. The smallest absolute Gasteiger partial charge is 0.273 e. The van der Waals surface area contributed by atoms with Gasteiger partial charge in [0.1, 0.15) is 28.6 Å². The number of nitrogens with zero attached hydrogens (tertiary/aromatic N) is 2. The van der Waals surface area contributed by atoms with Gasteiger partial charge in [-0.1, -0.05) is 36.4 Å². The maximum absolute atomic E-state index is 13.4. The highest BCUT2D eigenvalue weighted by Crippen LogP contribution is 2.46. The van der Waals surface area contributed by atoms with Gasteiger partial charge in [0.15, 0.2) is 0 Å². The first kappa shape index (κ1) is 22.7. The van der Waals surface area contributed by atoms with Gasteiger partial charge in [-0.25, -0.2) is 0 Å². The number of benzene rings is 3. The summed E-state index contributed by atoms with van der Waals surface area (Å²) in [6.07, 6.45) is 0. The third kappa shape index (κ3) is 4.15. The van der Waals surface area contributed by atoms with Crippen molar-refractivity contribution in [1.29, 1.82) is 0 Å². The standard InChI is InChI=1S/C28H27N3O4/c1-17-14-18(2)23(22(32)15-17)25-24-26(30-29-25)28(33)31(12-13-34-3)27(24)19-8-7-11-21(16-19)35-20-9-5-4-6-10-20/h4-11,14-16,27,32H,12-13H2,1-3H3,(H,29,30). The number of hydrogen-bond donors (Lipinski definition) is 2. The first-order chi connectivity index (χ1) is 17.0. The molecule has 178 valence electrons. The molecule has 3 aromatic carbocycles. The molecule has 1 aromatic heterocycles. The molecule has 1 aliphatic rings. The minimum Gasteiger partial charge on any atom is -0.507 e. The molecule has 1 atom stereocenters. The fraction of sp³-hybridized carbons (Fsp3) is 0.214. The van der Waals surface area contributed by atoms with Crippen molar-refractivity contribution in [2.45, 2.75) is 19.9 Å². The number of ether oxygens (including phenoxy) is 2. The molecule has 0 bridgehead atoms. The molecule has 0 radical (unpaired) electrons. The van der Waals surface area contributed by atoms with Crippen molar-refractivity contribution in [3.05, 3.63) is 94.7 Å². The molecule has 0 spiro atoms. The molecule has 2 N–H and O–H groups in total. The van der Waals surface area contributed by atoms with Gasteiger partial charge in [-0.15, -0.1) is 0 Å². The summed E-state index contributed by atoms with van der Waals surface area (Å²) in [5.41, 5.74) is 5.09. The van der Waals surface area contributed by atoms with Crippen LogP contribution in [0.2, 0.25) is 0 Å². The molecule has 1 aliphatic heterocycles. The summed E-state index contributed by atoms with van der Waals surface area (Å²) in [5.74, 6) is 1.38. The van der Waals surface area contributed by atoms with Crippen molar-refractivity contribution in [1.82, 2.24) is 15.1 Å². The van der Waals surface area contributed by atoms with Crippen LogP contribution in [0.25, 0.3) is 11.3 Å². The van der Waals surface area contributed by atoms with Crippen molar-refractivity contribution in [3.63, 3.8) is 0 Å². The summed E-state index contributed by atoms with van der Waals surface area (Å²) in [7, 11) is 1.61. The monoisotopic (exact) mass is 469 g/mol. The highest BCUT2D eigenvalue weighted by atomic mass is 16.5. The molecule has 0 aliphatic carbocycles. The maximum Gasteiger partial charge on any atom is 0.273 e. The van der Waals surface area contributed by atoms with Crippen LogP contribution in [-0.2, 0) is 4.74 Å². The number of H-pyrrole nitrogens is 1. The maximum atomic E-state index is 13.4. The van der Waals surface area contributed by atoms with Gasteiger partial charge in [-0.3, -0.25) is 9.89 Å². The quantitative estimate of drug-likeness (QED) is 0.379. The van der Waals surface area contributed by atoms with Crippen LogP contribution >= 0.6 is 0 Å². The molecule has 4 aromatic rings. The second kappa shape index (κ2) is 9.27. The summed E-state index contributed by atoms with van der Waals surface area (Å²) in [6, 6.07) is 20.6. The lowest BCUT2D eigenvalue weighted by Gasteiger charge is -2.26. The lowest BCUT2D eigenvalue weighted by atomic mass is 9.93. The Hall–Kier alpha value is -4.10. The van der Waals surface area contributed by atoms with Crippen molar-refractivity contribution < 1.29 is 19.4 Å². The number of methoxy groups -OCH3 is 1. The third-order valence-corrected chi connectivity index (χ3v) is 6.25. The lowest BCUT2D eigenvalue weighted by molar-refractivity contribution is 0.0677. The number of aromatic hydroxyl groups is 1. The van der Waals surface area contributed by atoms with Gasteiger partial charge in [0.25, 0.3) is 5.91 Å². The Morgan fingerprint density at radius 2 is 1.80 bits per heavy atom. The number of aromatic nitrogens is 2. The van der Waals surface area contributed by atoms with E-state index in [-0.39, 0.29) is 11.7 Å². The van der Waals surface area contributed by atoms with Gasteiger partial charge < -0.3 is 19.5 Å². The molecule has 0 fully saturated rings. The van der Waals surface area contributed by atoms with E-state index in [1.54, 1.807) is 18.1 Å². The number of fused-ring (bicyclic) bond motifs is 1. The second-order valence-corrected chi connectivity index (χ2v) is 8.72. The summed E-state index contributed by atoms with van der Waals surface area (Å²) in [5, 5.41) is 18.3. The van der Waals surface area contributed by atoms with Crippen LogP contribution in [0.3, 0.4) is 0 Å². The molecule has 35 heavy (non-hydrogen) atoms. The predicted molar refractivity (Wildman–Crippen MR) is 133 cm³/mol. The molecule has 1 unspecified atom stereocenters. The zero-order chi connectivity index (χ0) is 24.5. The van der Waals surface area contributed by atoms with Crippen LogP contribution in [-0.4, -0.2) is 46.4 Å². The van der Waals surface area contributed by atoms with E-state index in [0.29, 0.717) is 35.9 Å². The molecule has 7 heteroatoms. The molecule has 2 heterocycles. The normalized spacial score (nSPS) is 14.9.